The molecule has 0 amide bonds. The molecule has 20 heavy (non-hydrogen) atoms. The van der Waals surface area contributed by atoms with Crippen molar-refractivity contribution in [2.24, 2.45) is 0 Å². The highest BCUT2D eigenvalue weighted by Gasteiger charge is 2.21. The van der Waals surface area contributed by atoms with Gasteiger partial charge in [-0.1, -0.05) is 35.3 Å². The Morgan fingerprint density at radius 1 is 1.05 bits per heavy atom. The lowest BCUT2D eigenvalue weighted by atomic mass is 10.0. The summed E-state index contributed by atoms with van der Waals surface area (Å²) >= 11 is 18.3. The van der Waals surface area contributed by atoms with Crippen molar-refractivity contribution >= 4 is 34.8 Å². The Balaban J connectivity index is 2.51. The summed E-state index contributed by atoms with van der Waals surface area (Å²) < 4.78 is 32.0. The minimum absolute atomic E-state index is 0.00481. The summed E-state index contributed by atoms with van der Waals surface area (Å²) in [5.41, 5.74) is 0.374. The third kappa shape index (κ3) is 2.85. The molecule has 0 spiro atoms. The Bertz CT molecular complexity index is 647. The van der Waals surface area contributed by atoms with E-state index in [0.29, 0.717) is 11.3 Å². The Hall–Kier alpha value is -1.03. The van der Waals surface area contributed by atoms with Crippen molar-refractivity contribution in [1.29, 1.82) is 0 Å². The molecular weight excluding hydrogens is 329 g/mol. The predicted octanol–water partition coefficient (Wildman–Crippen LogP) is 5.61. The second-order valence-electron chi connectivity index (χ2n) is 4.01. The number of hydrogen-bond acceptors (Lipinski definition) is 1. The van der Waals surface area contributed by atoms with Crippen LogP contribution >= 0.6 is 34.8 Å². The van der Waals surface area contributed by atoms with Gasteiger partial charge in [0.15, 0.2) is 11.6 Å². The van der Waals surface area contributed by atoms with E-state index in [1.54, 1.807) is 0 Å². The normalized spacial score (nSPS) is 12.3. The van der Waals surface area contributed by atoms with E-state index in [2.05, 4.69) is 0 Å². The molecule has 0 saturated heterocycles. The molecule has 0 N–H and O–H groups in total. The van der Waals surface area contributed by atoms with Crippen LogP contribution in [0.3, 0.4) is 0 Å². The van der Waals surface area contributed by atoms with Crippen LogP contribution in [-0.4, -0.2) is 7.11 Å². The first-order valence-corrected chi connectivity index (χ1v) is 6.75. The lowest BCUT2D eigenvalue weighted by Gasteiger charge is -2.15. The van der Waals surface area contributed by atoms with Gasteiger partial charge in [-0.2, -0.15) is 0 Å². The topological polar surface area (TPSA) is 9.23 Å². The molecule has 2 aromatic rings. The van der Waals surface area contributed by atoms with Crippen molar-refractivity contribution in [2.75, 3.05) is 7.11 Å². The van der Waals surface area contributed by atoms with Crippen LogP contribution in [0.5, 0.6) is 5.75 Å². The molecule has 0 saturated carbocycles. The zero-order chi connectivity index (χ0) is 14.9. The van der Waals surface area contributed by atoms with Crippen molar-refractivity contribution in [3.05, 3.63) is 63.1 Å². The maximum Gasteiger partial charge on any atom is 0.163 e. The van der Waals surface area contributed by atoms with Crippen LogP contribution in [-0.2, 0) is 0 Å². The van der Waals surface area contributed by atoms with Crippen LogP contribution in [0.2, 0.25) is 10.0 Å². The predicted molar refractivity (Wildman–Crippen MR) is 77.1 cm³/mol. The van der Waals surface area contributed by atoms with E-state index >= 15 is 0 Å². The molecule has 0 bridgehead atoms. The Labute approximate surface area is 130 Å². The molecule has 2 aromatic carbocycles. The standard InChI is InChI=1S/C14H9Cl3F2O/c1-20-12-6-9(15)8(5-10(12)16)13(17)7-3-2-4-11(18)14(7)19/h2-6,13H,1H3. The Morgan fingerprint density at radius 3 is 2.40 bits per heavy atom. The molecule has 0 aliphatic carbocycles. The van der Waals surface area contributed by atoms with Gasteiger partial charge in [-0.25, -0.2) is 8.78 Å². The average Bonchev–Trinajstić information content (AvgIpc) is 2.43. The fourth-order valence-electron chi connectivity index (χ4n) is 1.78. The van der Waals surface area contributed by atoms with Crippen molar-refractivity contribution in [1.82, 2.24) is 0 Å². The molecule has 6 heteroatoms. The highest BCUT2D eigenvalue weighted by molar-refractivity contribution is 6.36. The van der Waals surface area contributed by atoms with Crippen LogP contribution in [0, 0.1) is 11.6 Å². The third-order valence-corrected chi connectivity index (χ3v) is 3.89. The van der Waals surface area contributed by atoms with Crippen molar-refractivity contribution in [2.45, 2.75) is 5.38 Å². The Kier molecular flexibility index (Phi) is 4.74. The number of halogens is 5. The van der Waals surface area contributed by atoms with Gasteiger partial charge in [0.05, 0.1) is 17.5 Å². The van der Waals surface area contributed by atoms with Crippen molar-refractivity contribution in [3.63, 3.8) is 0 Å². The summed E-state index contributed by atoms with van der Waals surface area (Å²) in [5.74, 6) is -1.59. The molecule has 1 unspecified atom stereocenters. The number of alkyl halides is 1. The largest absolute Gasteiger partial charge is 0.495 e. The van der Waals surface area contributed by atoms with Gasteiger partial charge in [-0.15, -0.1) is 11.6 Å². The summed E-state index contributed by atoms with van der Waals surface area (Å²) in [7, 11) is 1.45. The monoisotopic (exact) mass is 336 g/mol. The number of hydrogen-bond donors (Lipinski definition) is 0. The average molecular weight is 338 g/mol. The minimum Gasteiger partial charge on any atom is -0.495 e. The molecule has 0 radical (unpaired) electrons. The van der Waals surface area contributed by atoms with E-state index in [4.69, 9.17) is 39.5 Å². The van der Waals surface area contributed by atoms with E-state index in [-0.39, 0.29) is 15.6 Å². The van der Waals surface area contributed by atoms with Gasteiger partial charge in [-0.3, -0.25) is 0 Å². The first-order valence-electron chi connectivity index (χ1n) is 5.56. The van der Waals surface area contributed by atoms with Crippen LogP contribution in [0.4, 0.5) is 8.78 Å². The summed E-state index contributed by atoms with van der Waals surface area (Å²) in [6.07, 6.45) is 0. The number of rotatable bonds is 3. The first kappa shape index (κ1) is 15.4. The molecule has 0 fully saturated rings. The maximum absolute atomic E-state index is 13.8. The highest BCUT2D eigenvalue weighted by Crippen LogP contribution is 2.40. The molecule has 1 nitrogen and oxygen atoms in total. The van der Waals surface area contributed by atoms with Gasteiger partial charge >= 0.3 is 0 Å². The van der Waals surface area contributed by atoms with Gasteiger partial charge in [0.1, 0.15) is 5.75 Å². The van der Waals surface area contributed by atoms with Gasteiger partial charge < -0.3 is 4.74 Å². The van der Waals surface area contributed by atoms with Crippen LogP contribution in [0.15, 0.2) is 30.3 Å². The summed E-state index contributed by atoms with van der Waals surface area (Å²) in [6.45, 7) is 0. The molecule has 106 valence electrons. The second-order valence-corrected chi connectivity index (χ2v) is 5.26. The molecule has 0 heterocycles. The lowest BCUT2D eigenvalue weighted by Crippen LogP contribution is -2.00. The zero-order valence-electron chi connectivity index (χ0n) is 10.3. The van der Waals surface area contributed by atoms with Crippen LogP contribution in [0.1, 0.15) is 16.5 Å². The van der Waals surface area contributed by atoms with Gasteiger partial charge in [-0.05, 0) is 17.7 Å². The van der Waals surface area contributed by atoms with Gasteiger partial charge in [0.25, 0.3) is 0 Å². The lowest BCUT2D eigenvalue weighted by molar-refractivity contribution is 0.415. The molecule has 0 aliphatic rings. The molecule has 0 aliphatic heterocycles. The maximum atomic E-state index is 13.8. The second kappa shape index (κ2) is 6.17. The highest BCUT2D eigenvalue weighted by atomic mass is 35.5. The van der Waals surface area contributed by atoms with Crippen LogP contribution in [0.25, 0.3) is 0 Å². The third-order valence-electron chi connectivity index (χ3n) is 2.80. The molecular formula is C14H9Cl3F2O. The fraction of sp³-hybridized carbons (Fsp3) is 0.143. The van der Waals surface area contributed by atoms with E-state index in [0.717, 1.165) is 6.07 Å². The zero-order valence-corrected chi connectivity index (χ0v) is 12.5. The van der Waals surface area contributed by atoms with Crippen molar-refractivity contribution in [3.8, 4) is 5.75 Å². The smallest absolute Gasteiger partial charge is 0.163 e. The first-order chi connectivity index (χ1) is 9.45. The molecule has 1 atom stereocenters. The van der Waals surface area contributed by atoms with Crippen LogP contribution < -0.4 is 4.74 Å². The summed E-state index contributed by atoms with van der Waals surface area (Å²) in [5, 5.41) is -0.411. The van der Waals surface area contributed by atoms with Gasteiger partial charge in [0, 0.05) is 16.7 Å². The fourth-order valence-corrected chi connectivity index (χ4v) is 2.70. The number of methoxy groups -OCH3 is 1. The van der Waals surface area contributed by atoms with E-state index in [1.807, 2.05) is 0 Å². The minimum atomic E-state index is -1.00. The summed E-state index contributed by atoms with van der Waals surface area (Å²) in [6, 6.07) is 6.74. The molecule has 0 aromatic heterocycles. The Morgan fingerprint density at radius 2 is 1.75 bits per heavy atom. The molecule has 2 rings (SSSR count). The number of benzene rings is 2. The van der Waals surface area contributed by atoms with Gasteiger partial charge in [0.2, 0.25) is 0 Å². The number of ether oxygens (including phenoxy) is 1. The summed E-state index contributed by atoms with van der Waals surface area (Å²) in [4.78, 5) is 0. The quantitative estimate of drug-likeness (QED) is 0.662. The van der Waals surface area contributed by atoms with Crippen molar-refractivity contribution < 1.29 is 13.5 Å². The SMILES string of the molecule is COc1cc(Cl)c(C(Cl)c2cccc(F)c2F)cc1Cl. The van der Waals surface area contributed by atoms with E-state index in [1.165, 1.54) is 31.4 Å². The van der Waals surface area contributed by atoms with E-state index in [9.17, 15) is 8.78 Å². The van der Waals surface area contributed by atoms with E-state index < -0.39 is 17.0 Å².